The Labute approximate surface area is 109 Å². The lowest BCUT2D eigenvalue weighted by Crippen LogP contribution is -2.40. The van der Waals surface area contributed by atoms with Gasteiger partial charge in [-0.2, -0.15) is 11.8 Å². The number of amides is 1. The van der Waals surface area contributed by atoms with E-state index in [0.29, 0.717) is 11.2 Å². The van der Waals surface area contributed by atoms with Crippen LogP contribution in [0.1, 0.15) is 45.4 Å². The first-order valence-electron chi connectivity index (χ1n) is 6.75. The molecule has 0 atom stereocenters. The zero-order valence-electron chi connectivity index (χ0n) is 11.2. The van der Waals surface area contributed by atoms with Crippen LogP contribution in [0.2, 0.25) is 0 Å². The zero-order chi connectivity index (χ0) is 12.6. The first-order valence-corrected chi connectivity index (χ1v) is 7.97. The molecule has 0 radical (unpaired) electrons. The zero-order valence-corrected chi connectivity index (χ0v) is 12.0. The second-order valence-corrected chi connectivity index (χ2v) is 6.10. The molecule has 0 heterocycles. The predicted molar refractivity (Wildman–Crippen MR) is 75.5 cm³/mol. The van der Waals surface area contributed by atoms with Crippen molar-refractivity contribution in [3.8, 4) is 0 Å². The molecule has 0 aromatic carbocycles. The average Bonchev–Trinajstić information content (AvgIpc) is 2.36. The lowest BCUT2D eigenvalue weighted by molar-refractivity contribution is -0.120. The molecule has 0 aromatic heterocycles. The molecule has 4 heteroatoms. The fourth-order valence-electron chi connectivity index (χ4n) is 2.45. The lowest BCUT2D eigenvalue weighted by atomic mass is 9.88. The molecule has 1 aliphatic carbocycles. The van der Waals surface area contributed by atoms with Gasteiger partial charge in [0.15, 0.2) is 0 Å². The van der Waals surface area contributed by atoms with E-state index in [0.717, 1.165) is 19.6 Å². The number of hydrogen-bond donors (Lipinski definition) is 2. The van der Waals surface area contributed by atoms with Gasteiger partial charge < -0.3 is 10.6 Å². The Hall–Kier alpha value is -0.220. The first-order chi connectivity index (χ1) is 8.22. The molecule has 2 N–H and O–H groups in total. The number of thioether (sulfide) groups is 1. The fraction of sp³-hybridized carbons (Fsp3) is 0.923. The lowest BCUT2D eigenvalue weighted by Gasteiger charge is -2.36. The maximum atomic E-state index is 11.3. The van der Waals surface area contributed by atoms with Gasteiger partial charge in [0.25, 0.3) is 0 Å². The molecular formula is C13H26N2OS. The largest absolute Gasteiger partial charge is 0.356 e. The Bertz CT molecular complexity index is 227. The minimum absolute atomic E-state index is 0.154. The van der Waals surface area contributed by atoms with Crippen molar-refractivity contribution in [3.63, 3.8) is 0 Å². The minimum atomic E-state index is 0.154. The summed E-state index contributed by atoms with van der Waals surface area (Å²) in [6.45, 7) is 4.53. The van der Waals surface area contributed by atoms with Gasteiger partial charge in [0.1, 0.15) is 0 Å². The van der Waals surface area contributed by atoms with E-state index in [1.54, 1.807) is 0 Å². The highest BCUT2D eigenvalue weighted by Crippen LogP contribution is 2.37. The third kappa shape index (κ3) is 5.30. The summed E-state index contributed by atoms with van der Waals surface area (Å²) in [5.41, 5.74) is 0. The summed E-state index contributed by atoms with van der Waals surface area (Å²) in [5.74, 6) is 0.154. The number of hydrogen-bond acceptors (Lipinski definition) is 3. The van der Waals surface area contributed by atoms with E-state index >= 15 is 0 Å². The Kier molecular flexibility index (Phi) is 6.97. The van der Waals surface area contributed by atoms with Crippen LogP contribution in [0.4, 0.5) is 0 Å². The number of carbonyl (C=O) groups is 1. The highest BCUT2D eigenvalue weighted by molar-refractivity contribution is 8.00. The minimum Gasteiger partial charge on any atom is -0.356 e. The molecule has 1 saturated carbocycles. The van der Waals surface area contributed by atoms with Crippen molar-refractivity contribution in [3.05, 3.63) is 0 Å². The van der Waals surface area contributed by atoms with Gasteiger partial charge in [0.05, 0.1) is 0 Å². The van der Waals surface area contributed by atoms with Gasteiger partial charge >= 0.3 is 0 Å². The maximum absolute atomic E-state index is 11.3. The van der Waals surface area contributed by atoms with Crippen LogP contribution in [-0.2, 0) is 4.79 Å². The van der Waals surface area contributed by atoms with E-state index in [-0.39, 0.29) is 5.91 Å². The Morgan fingerprint density at radius 1 is 1.29 bits per heavy atom. The van der Waals surface area contributed by atoms with Crippen LogP contribution >= 0.6 is 11.8 Å². The van der Waals surface area contributed by atoms with Gasteiger partial charge in [0, 0.05) is 30.8 Å². The maximum Gasteiger partial charge on any atom is 0.221 e. The van der Waals surface area contributed by atoms with Crippen molar-refractivity contribution in [2.24, 2.45) is 0 Å². The standard InChI is InChI=1S/C13H26N2OS/c1-3-15-12(16)7-10-14-11-13(17-2)8-5-4-6-9-13/h14H,3-11H2,1-2H3,(H,15,16). The molecule has 0 saturated heterocycles. The predicted octanol–water partition coefficient (Wildman–Crippen LogP) is 2.17. The quantitative estimate of drug-likeness (QED) is 0.688. The molecule has 3 nitrogen and oxygen atoms in total. The molecule has 0 unspecified atom stereocenters. The van der Waals surface area contributed by atoms with Gasteiger partial charge in [-0.1, -0.05) is 19.3 Å². The Balaban J connectivity index is 2.17. The third-order valence-electron chi connectivity index (χ3n) is 3.55. The van der Waals surface area contributed by atoms with E-state index in [1.807, 2.05) is 18.7 Å². The van der Waals surface area contributed by atoms with Crippen LogP contribution in [0.5, 0.6) is 0 Å². The molecule has 17 heavy (non-hydrogen) atoms. The van der Waals surface area contributed by atoms with Crippen molar-refractivity contribution in [1.82, 2.24) is 10.6 Å². The molecule has 1 aliphatic rings. The van der Waals surface area contributed by atoms with Gasteiger partial charge in [-0.15, -0.1) is 0 Å². The highest BCUT2D eigenvalue weighted by atomic mass is 32.2. The van der Waals surface area contributed by atoms with Crippen molar-refractivity contribution in [2.45, 2.75) is 50.2 Å². The van der Waals surface area contributed by atoms with Crippen molar-refractivity contribution >= 4 is 17.7 Å². The number of carbonyl (C=O) groups excluding carboxylic acids is 1. The molecule has 100 valence electrons. The summed E-state index contributed by atoms with van der Waals surface area (Å²) in [5, 5.41) is 6.28. The van der Waals surface area contributed by atoms with E-state index in [1.165, 1.54) is 32.1 Å². The summed E-state index contributed by atoms with van der Waals surface area (Å²) in [4.78, 5) is 11.3. The average molecular weight is 258 g/mol. The second kappa shape index (κ2) is 7.98. The Morgan fingerprint density at radius 3 is 2.59 bits per heavy atom. The first kappa shape index (κ1) is 14.8. The smallest absolute Gasteiger partial charge is 0.221 e. The third-order valence-corrected chi connectivity index (χ3v) is 4.97. The molecule has 1 amide bonds. The molecule has 1 rings (SSSR count). The van der Waals surface area contributed by atoms with Crippen LogP contribution in [-0.4, -0.2) is 36.5 Å². The summed E-state index contributed by atoms with van der Waals surface area (Å²) in [6, 6.07) is 0. The SMILES string of the molecule is CCNC(=O)CCNCC1(SC)CCCCC1. The van der Waals surface area contributed by atoms with Gasteiger partial charge in [-0.05, 0) is 26.0 Å². The van der Waals surface area contributed by atoms with Crippen LogP contribution in [0, 0.1) is 0 Å². The van der Waals surface area contributed by atoms with E-state index in [9.17, 15) is 4.79 Å². The van der Waals surface area contributed by atoms with E-state index in [2.05, 4.69) is 16.9 Å². The molecule has 0 aromatic rings. The Morgan fingerprint density at radius 2 is 2.00 bits per heavy atom. The second-order valence-electron chi connectivity index (χ2n) is 4.83. The monoisotopic (exact) mass is 258 g/mol. The summed E-state index contributed by atoms with van der Waals surface area (Å²) in [7, 11) is 0. The van der Waals surface area contributed by atoms with E-state index in [4.69, 9.17) is 0 Å². The van der Waals surface area contributed by atoms with Gasteiger partial charge in [-0.3, -0.25) is 4.79 Å². The van der Waals surface area contributed by atoms with E-state index < -0.39 is 0 Å². The molecule has 0 aliphatic heterocycles. The molecular weight excluding hydrogens is 232 g/mol. The number of rotatable bonds is 7. The van der Waals surface area contributed by atoms with Crippen LogP contribution in [0.15, 0.2) is 0 Å². The van der Waals surface area contributed by atoms with Crippen molar-refractivity contribution < 1.29 is 4.79 Å². The highest BCUT2D eigenvalue weighted by Gasteiger charge is 2.30. The van der Waals surface area contributed by atoms with Crippen LogP contribution in [0.25, 0.3) is 0 Å². The molecule has 0 spiro atoms. The number of nitrogens with one attached hydrogen (secondary N) is 2. The van der Waals surface area contributed by atoms with Crippen molar-refractivity contribution in [1.29, 1.82) is 0 Å². The fourth-order valence-corrected chi connectivity index (χ4v) is 3.40. The summed E-state index contributed by atoms with van der Waals surface area (Å²) >= 11 is 2.00. The van der Waals surface area contributed by atoms with Crippen LogP contribution in [0.3, 0.4) is 0 Å². The molecule has 0 bridgehead atoms. The summed E-state index contributed by atoms with van der Waals surface area (Å²) in [6.07, 6.45) is 9.57. The van der Waals surface area contributed by atoms with Gasteiger partial charge in [0.2, 0.25) is 5.91 Å². The van der Waals surface area contributed by atoms with Crippen LogP contribution < -0.4 is 10.6 Å². The van der Waals surface area contributed by atoms with Crippen molar-refractivity contribution in [2.75, 3.05) is 25.9 Å². The van der Waals surface area contributed by atoms with Gasteiger partial charge in [-0.25, -0.2) is 0 Å². The molecule has 1 fully saturated rings. The topological polar surface area (TPSA) is 41.1 Å². The normalized spacial score (nSPS) is 18.9. The summed E-state index contributed by atoms with van der Waals surface area (Å²) < 4.78 is 0.430.